The number of unbranched alkanes of at least 4 members (excludes halogenated alkanes) is 2. The Morgan fingerprint density at radius 3 is 2.21 bits per heavy atom. The van der Waals surface area contributed by atoms with Gasteiger partial charge < -0.3 is 11.1 Å². The number of hydrogen-bond donors (Lipinski definition) is 2. The molecule has 0 saturated carbocycles. The Morgan fingerprint density at radius 2 is 1.54 bits per heavy atom. The number of carbonyl (C=O) groups is 1. The largest absolute Gasteiger partial charge is 0.356 e. The lowest BCUT2D eigenvalue weighted by atomic mass is 10.0. The number of aryl methyl sites for hydroxylation is 1. The van der Waals surface area contributed by atoms with Gasteiger partial charge in [0.1, 0.15) is 0 Å². The predicted octanol–water partition coefficient (Wildman–Crippen LogP) is 4.03. The molecule has 0 bridgehead atoms. The number of carbonyl (C=O) groups excluding carboxylic acids is 1. The molecule has 4 heteroatoms. The van der Waals surface area contributed by atoms with Gasteiger partial charge in [0.05, 0.1) is 0 Å². The van der Waals surface area contributed by atoms with Crippen LogP contribution in [-0.4, -0.2) is 12.5 Å². The van der Waals surface area contributed by atoms with E-state index in [1.165, 1.54) is 5.56 Å². The summed E-state index contributed by atoms with van der Waals surface area (Å²) in [7, 11) is 0. The molecule has 1 amide bonds. The highest BCUT2D eigenvalue weighted by atomic mass is 35.5. The van der Waals surface area contributed by atoms with Crippen LogP contribution in [0.3, 0.4) is 0 Å². The van der Waals surface area contributed by atoms with Gasteiger partial charge in [-0.1, -0.05) is 67.1 Å². The highest BCUT2D eigenvalue weighted by molar-refractivity contribution is 5.85. The lowest BCUT2D eigenvalue weighted by Gasteiger charge is -2.12. The van der Waals surface area contributed by atoms with Gasteiger partial charge in [-0.25, -0.2) is 0 Å². The van der Waals surface area contributed by atoms with Crippen LogP contribution in [0.2, 0.25) is 0 Å². The molecule has 2 aromatic rings. The summed E-state index contributed by atoms with van der Waals surface area (Å²) in [5.74, 6) is 0.0319. The van der Waals surface area contributed by atoms with Crippen molar-refractivity contribution in [1.29, 1.82) is 0 Å². The van der Waals surface area contributed by atoms with Gasteiger partial charge in [0.2, 0.25) is 5.91 Å². The van der Waals surface area contributed by atoms with E-state index in [-0.39, 0.29) is 24.4 Å². The fourth-order valence-electron chi connectivity index (χ4n) is 2.59. The molecule has 0 saturated heterocycles. The highest BCUT2D eigenvalue weighted by Crippen LogP contribution is 2.12. The van der Waals surface area contributed by atoms with Gasteiger partial charge in [0.25, 0.3) is 0 Å². The molecular formula is C20H27ClN2O. The Morgan fingerprint density at radius 1 is 0.917 bits per heavy atom. The van der Waals surface area contributed by atoms with Gasteiger partial charge in [0.15, 0.2) is 0 Å². The summed E-state index contributed by atoms with van der Waals surface area (Å²) in [5.41, 5.74) is 8.44. The van der Waals surface area contributed by atoms with E-state index < -0.39 is 0 Å². The van der Waals surface area contributed by atoms with E-state index in [2.05, 4.69) is 29.6 Å². The molecule has 24 heavy (non-hydrogen) atoms. The van der Waals surface area contributed by atoms with Gasteiger partial charge in [-0.3, -0.25) is 4.79 Å². The molecule has 0 aromatic heterocycles. The van der Waals surface area contributed by atoms with Gasteiger partial charge in [0, 0.05) is 19.0 Å². The Labute approximate surface area is 151 Å². The van der Waals surface area contributed by atoms with Crippen LogP contribution in [0.25, 0.3) is 0 Å². The summed E-state index contributed by atoms with van der Waals surface area (Å²) in [4.78, 5) is 11.9. The number of nitrogens with one attached hydrogen (secondary N) is 1. The van der Waals surface area contributed by atoms with Crippen LogP contribution in [0.15, 0.2) is 60.7 Å². The monoisotopic (exact) mass is 346 g/mol. The number of hydrogen-bond acceptors (Lipinski definition) is 2. The van der Waals surface area contributed by atoms with Gasteiger partial charge in [-0.15, -0.1) is 12.4 Å². The molecule has 0 spiro atoms. The first-order valence-electron chi connectivity index (χ1n) is 8.37. The summed E-state index contributed by atoms with van der Waals surface area (Å²) in [5, 5.41) is 2.96. The highest BCUT2D eigenvalue weighted by Gasteiger charge is 2.10. The second-order valence-electron chi connectivity index (χ2n) is 5.87. The molecule has 1 unspecified atom stereocenters. The Balaban J connectivity index is 0.00000288. The van der Waals surface area contributed by atoms with Crippen molar-refractivity contribution in [3.63, 3.8) is 0 Å². The molecule has 3 nitrogen and oxygen atoms in total. The maximum atomic E-state index is 11.9. The standard InChI is InChI=1S/C20H26N2O.ClH/c21-19(18-13-7-2-8-14-18)16-20(23)22-15-9-3-6-12-17-10-4-1-5-11-17;/h1-2,4-5,7-8,10-11,13-14,19H,3,6,9,12,15-16,21H2,(H,22,23);1H. The lowest BCUT2D eigenvalue weighted by molar-refractivity contribution is -0.121. The molecule has 0 radical (unpaired) electrons. The minimum atomic E-state index is -0.228. The van der Waals surface area contributed by atoms with E-state index in [0.717, 1.165) is 37.8 Å². The fraction of sp³-hybridized carbons (Fsp3) is 0.350. The van der Waals surface area contributed by atoms with Crippen molar-refractivity contribution in [2.45, 2.75) is 38.1 Å². The fourth-order valence-corrected chi connectivity index (χ4v) is 2.59. The number of amides is 1. The zero-order valence-corrected chi connectivity index (χ0v) is 14.8. The van der Waals surface area contributed by atoms with Gasteiger partial charge in [-0.2, -0.15) is 0 Å². The van der Waals surface area contributed by atoms with Crippen LogP contribution in [0.5, 0.6) is 0 Å². The third-order valence-electron chi connectivity index (χ3n) is 3.94. The second-order valence-corrected chi connectivity index (χ2v) is 5.87. The number of benzene rings is 2. The minimum Gasteiger partial charge on any atom is -0.356 e. The minimum absolute atomic E-state index is 0. The van der Waals surface area contributed by atoms with Crippen molar-refractivity contribution in [2.24, 2.45) is 5.73 Å². The molecule has 3 N–H and O–H groups in total. The van der Waals surface area contributed by atoms with E-state index in [9.17, 15) is 4.79 Å². The van der Waals surface area contributed by atoms with Crippen molar-refractivity contribution >= 4 is 18.3 Å². The summed E-state index contributed by atoms with van der Waals surface area (Å²) in [6.45, 7) is 0.731. The van der Waals surface area contributed by atoms with Crippen molar-refractivity contribution < 1.29 is 4.79 Å². The number of nitrogens with two attached hydrogens (primary N) is 1. The molecule has 130 valence electrons. The van der Waals surface area contributed by atoms with Crippen molar-refractivity contribution in [3.05, 3.63) is 71.8 Å². The first-order chi connectivity index (χ1) is 11.3. The topological polar surface area (TPSA) is 55.1 Å². The molecule has 0 heterocycles. The summed E-state index contributed by atoms with van der Waals surface area (Å²) in [6, 6.07) is 20.0. The second kappa shape index (κ2) is 11.7. The summed E-state index contributed by atoms with van der Waals surface area (Å²) < 4.78 is 0. The van der Waals surface area contributed by atoms with E-state index >= 15 is 0 Å². The predicted molar refractivity (Wildman–Crippen MR) is 102 cm³/mol. The van der Waals surface area contributed by atoms with Gasteiger partial charge >= 0.3 is 0 Å². The SMILES string of the molecule is Cl.NC(CC(=O)NCCCCCc1ccccc1)c1ccccc1. The molecule has 2 aromatic carbocycles. The normalized spacial score (nSPS) is 11.4. The van der Waals surface area contributed by atoms with Crippen LogP contribution < -0.4 is 11.1 Å². The number of rotatable bonds is 9. The van der Waals surface area contributed by atoms with E-state index in [1.54, 1.807) is 0 Å². The average molecular weight is 347 g/mol. The molecule has 0 fully saturated rings. The maximum Gasteiger partial charge on any atom is 0.221 e. The molecular weight excluding hydrogens is 320 g/mol. The first-order valence-corrected chi connectivity index (χ1v) is 8.37. The quantitative estimate of drug-likeness (QED) is 0.673. The van der Waals surface area contributed by atoms with E-state index in [4.69, 9.17) is 5.73 Å². The van der Waals surface area contributed by atoms with E-state index in [0.29, 0.717) is 6.42 Å². The van der Waals surface area contributed by atoms with Crippen LogP contribution >= 0.6 is 12.4 Å². The van der Waals surface area contributed by atoms with Crippen molar-refractivity contribution in [1.82, 2.24) is 5.32 Å². The molecule has 0 aliphatic carbocycles. The smallest absolute Gasteiger partial charge is 0.221 e. The van der Waals surface area contributed by atoms with Crippen LogP contribution in [-0.2, 0) is 11.2 Å². The third kappa shape index (κ3) is 7.62. The number of halogens is 1. The first kappa shape index (κ1) is 20.2. The van der Waals surface area contributed by atoms with Crippen molar-refractivity contribution in [3.8, 4) is 0 Å². The van der Waals surface area contributed by atoms with Crippen LogP contribution in [0.1, 0.15) is 42.9 Å². The lowest BCUT2D eigenvalue weighted by Crippen LogP contribution is -2.28. The molecule has 1 atom stereocenters. The Bertz CT molecular complexity index is 575. The molecule has 0 aliphatic rings. The van der Waals surface area contributed by atoms with Crippen LogP contribution in [0, 0.1) is 0 Å². The van der Waals surface area contributed by atoms with Crippen LogP contribution in [0.4, 0.5) is 0 Å². The summed E-state index contributed by atoms with van der Waals surface area (Å²) >= 11 is 0. The zero-order valence-electron chi connectivity index (χ0n) is 14.0. The Hall–Kier alpha value is -1.84. The van der Waals surface area contributed by atoms with E-state index in [1.807, 2.05) is 36.4 Å². The summed E-state index contributed by atoms with van der Waals surface area (Å²) in [6.07, 6.45) is 4.74. The third-order valence-corrected chi connectivity index (χ3v) is 3.94. The maximum absolute atomic E-state index is 11.9. The Kier molecular flexibility index (Phi) is 9.81. The zero-order chi connectivity index (χ0) is 16.3. The van der Waals surface area contributed by atoms with Gasteiger partial charge in [-0.05, 0) is 30.4 Å². The van der Waals surface area contributed by atoms with Crippen molar-refractivity contribution in [2.75, 3.05) is 6.54 Å². The average Bonchev–Trinajstić information content (AvgIpc) is 2.59. The molecule has 2 rings (SSSR count). The molecule has 0 aliphatic heterocycles.